The first-order chi connectivity index (χ1) is 11.2. The van der Waals surface area contributed by atoms with Crippen molar-refractivity contribution < 1.29 is 22.7 Å². The number of aromatic nitrogens is 1. The molecular formula is C17H13F2NO3. The van der Waals surface area contributed by atoms with E-state index in [1.165, 1.54) is 7.11 Å². The second-order valence-electron chi connectivity index (χ2n) is 4.61. The largest absolute Gasteiger partial charge is 0.493 e. The van der Waals surface area contributed by atoms with Gasteiger partial charge in [0.05, 0.1) is 7.11 Å². The number of rotatable bonds is 5. The molecule has 0 aliphatic heterocycles. The van der Waals surface area contributed by atoms with Crippen LogP contribution in [0.4, 0.5) is 8.78 Å². The predicted octanol–water partition coefficient (Wildman–Crippen LogP) is 4.61. The molecule has 0 radical (unpaired) electrons. The molecule has 0 unspecified atom stereocenters. The quantitative estimate of drug-likeness (QED) is 0.689. The fraction of sp³-hybridized carbons (Fsp3) is 0.118. The summed E-state index contributed by atoms with van der Waals surface area (Å²) in [5.74, 6) is 0.569. The lowest BCUT2D eigenvalue weighted by Gasteiger charge is -2.12. The van der Waals surface area contributed by atoms with Gasteiger partial charge in [0.15, 0.2) is 17.1 Å². The molecule has 0 amide bonds. The van der Waals surface area contributed by atoms with E-state index in [1.54, 1.807) is 36.4 Å². The first-order valence-electron chi connectivity index (χ1n) is 6.83. The van der Waals surface area contributed by atoms with Crippen LogP contribution in [-0.2, 0) is 0 Å². The number of alkyl halides is 2. The lowest BCUT2D eigenvalue weighted by molar-refractivity contribution is -0.0513. The van der Waals surface area contributed by atoms with Crippen LogP contribution in [0.2, 0.25) is 0 Å². The lowest BCUT2D eigenvalue weighted by atomic mass is 10.1. The molecule has 1 heterocycles. The number of hydrogen-bond acceptors (Lipinski definition) is 4. The Balaban J connectivity index is 1.94. The van der Waals surface area contributed by atoms with Crippen LogP contribution in [-0.4, -0.2) is 18.7 Å². The lowest BCUT2D eigenvalue weighted by Crippen LogP contribution is -2.04. The molecule has 0 aliphatic rings. The summed E-state index contributed by atoms with van der Waals surface area (Å²) in [6.07, 6.45) is 3.18. The molecule has 118 valence electrons. The van der Waals surface area contributed by atoms with E-state index in [0.717, 1.165) is 5.52 Å². The van der Waals surface area contributed by atoms with Crippen molar-refractivity contribution in [3.8, 4) is 11.5 Å². The maximum absolute atomic E-state index is 12.6. The third-order valence-electron chi connectivity index (χ3n) is 3.15. The van der Waals surface area contributed by atoms with E-state index < -0.39 is 6.61 Å². The molecule has 0 fully saturated rings. The van der Waals surface area contributed by atoms with E-state index >= 15 is 0 Å². The summed E-state index contributed by atoms with van der Waals surface area (Å²) >= 11 is 0. The van der Waals surface area contributed by atoms with Gasteiger partial charge in [-0.3, -0.25) is 0 Å². The number of methoxy groups -OCH3 is 1. The van der Waals surface area contributed by atoms with Crippen LogP contribution >= 0.6 is 0 Å². The Bertz CT molecular complexity index is 810. The maximum atomic E-state index is 12.6. The number of para-hydroxylation sites is 3. The normalized spacial score (nSPS) is 11.5. The van der Waals surface area contributed by atoms with Crippen LogP contribution in [0.3, 0.4) is 0 Å². The van der Waals surface area contributed by atoms with Gasteiger partial charge in [-0.15, -0.1) is 0 Å². The minimum Gasteiger partial charge on any atom is -0.493 e. The summed E-state index contributed by atoms with van der Waals surface area (Å²) in [6.45, 7) is -2.94. The third kappa shape index (κ3) is 3.31. The van der Waals surface area contributed by atoms with Crippen LogP contribution in [0.15, 0.2) is 46.9 Å². The number of nitrogens with zero attached hydrogens (tertiary/aromatic N) is 1. The summed E-state index contributed by atoms with van der Waals surface area (Å²) in [7, 11) is 1.39. The van der Waals surface area contributed by atoms with Crippen molar-refractivity contribution in [1.29, 1.82) is 0 Å². The highest BCUT2D eigenvalue weighted by molar-refractivity contribution is 5.77. The summed E-state index contributed by atoms with van der Waals surface area (Å²) < 4.78 is 40.3. The Kier molecular flexibility index (Phi) is 4.23. The van der Waals surface area contributed by atoms with Gasteiger partial charge in [0.25, 0.3) is 0 Å². The van der Waals surface area contributed by atoms with Crippen molar-refractivity contribution in [2.45, 2.75) is 6.61 Å². The molecule has 0 atom stereocenters. The molecule has 0 spiro atoms. The Hall–Kier alpha value is -2.89. The molecule has 3 aromatic rings. The molecule has 6 heteroatoms. The van der Waals surface area contributed by atoms with Crippen LogP contribution < -0.4 is 9.47 Å². The van der Waals surface area contributed by atoms with Gasteiger partial charge in [-0.05, 0) is 24.3 Å². The molecule has 23 heavy (non-hydrogen) atoms. The van der Waals surface area contributed by atoms with Crippen molar-refractivity contribution in [3.05, 3.63) is 53.9 Å². The number of oxazole rings is 1. The average Bonchev–Trinajstić information content (AvgIpc) is 2.96. The van der Waals surface area contributed by atoms with E-state index in [-0.39, 0.29) is 11.5 Å². The average molecular weight is 317 g/mol. The number of halogens is 2. The monoisotopic (exact) mass is 317 g/mol. The van der Waals surface area contributed by atoms with Crippen molar-refractivity contribution in [3.63, 3.8) is 0 Å². The molecule has 0 bridgehead atoms. The Morgan fingerprint density at radius 2 is 1.91 bits per heavy atom. The molecule has 0 saturated carbocycles. The maximum Gasteiger partial charge on any atom is 0.387 e. The number of hydrogen-bond donors (Lipinski definition) is 0. The van der Waals surface area contributed by atoms with Gasteiger partial charge in [0.1, 0.15) is 5.52 Å². The van der Waals surface area contributed by atoms with Crippen molar-refractivity contribution >= 4 is 23.3 Å². The highest BCUT2D eigenvalue weighted by Crippen LogP contribution is 2.33. The van der Waals surface area contributed by atoms with Gasteiger partial charge < -0.3 is 13.9 Å². The van der Waals surface area contributed by atoms with Crippen LogP contribution in [0.25, 0.3) is 23.3 Å². The zero-order valence-corrected chi connectivity index (χ0v) is 12.2. The molecular weight excluding hydrogens is 304 g/mol. The van der Waals surface area contributed by atoms with Gasteiger partial charge in [-0.25, -0.2) is 4.98 Å². The van der Waals surface area contributed by atoms with E-state index in [1.807, 2.05) is 18.2 Å². The molecule has 4 nitrogen and oxygen atoms in total. The third-order valence-corrected chi connectivity index (χ3v) is 3.15. The topological polar surface area (TPSA) is 44.5 Å². The fourth-order valence-electron chi connectivity index (χ4n) is 2.16. The second-order valence-corrected chi connectivity index (χ2v) is 4.61. The molecule has 0 N–H and O–H groups in total. The van der Waals surface area contributed by atoms with E-state index in [0.29, 0.717) is 17.0 Å². The SMILES string of the molecule is COc1cccc(/C=C/c2nc3ccccc3o2)c1OC(F)F. The van der Waals surface area contributed by atoms with Gasteiger partial charge in [-0.2, -0.15) is 8.78 Å². The summed E-state index contributed by atoms with van der Waals surface area (Å²) in [6, 6.07) is 12.2. The van der Waals surface area contributed by atoms with E-state index in [4.69, 9.17) is 9.15 Å². The predicted molar refractivity (Wildman–Crippen MR) is 82.6 cm³/mol. The highest BCUT2D eigenvalue weighted by atomic mass is 19.3. The van der Waals surface area contributed by atoms with Crippen LogP contribution in [0.1, 0.15) is 11.5 Å². The molecule has 2 aromatic carbocycles. The highest BCUT2D eigenvalue weighted by Gasteiger charge is 2.14. The minimum atomic E-state index is -2.94. The molecule has 0 saturated heterocycles. The van der Waals surface area contributed by atoms with Gasteiger partial charge in [-0.1, -0.05) is 24.3 Å². The molecule has 1 aromatic heterocycles. The minimum absolute atomic E-state index is 0.0302. The van der Waals surface area contributed by atoms with E-state index in [2.05, 4.69) is 9.72 Å². The van der Waals surface area contributed by atoms with Crippen LogP contribution in [0, 0.1) is 0 Å². The Morgan fingerprint density at radius 1 is 1.09 bits per heavy atom. The van der Waals surface area contributed by atoms with Crippen molar-refractivity contribution in [2.75, 3.05) is 7.11 Å². The molecule has 0 aliphatic carbocycles. The van der Waals surface area contributed by atoms with Gasteiger partial charge >= 0.3 is 6.61 Å². The number of ether oxygens (including phenoxy) is 2. The number of benzene rings is 2. The Labute approximate surface area is 131 Å². The smallest absolute Gasteiger partial charge is 0.387 e. The Morgan fingerprint density at radius 3 is 2.65 bits per heavy atom. The van der Waals surface area contributed by atoms with Gasteiger partial charge in [0.2, 0.25) is 5.89 Å². The van der Waals surface area contributed by atoms with Crippen molar-refractivity contribution in [1.82, 2.24) is 4.98 Å². The summed E-state index contributed by atoms with van der Waals surface area (Å²) in [5.41, 5.74) is 1.82. The summed E-state index contributed by atoms with van der Waals surface area (Å²) in [5, 5.41) is 0. The van der Waals surface area contributed by atoms with Gasteiger partial charge in [0, 0.05) is 11.6 Å². The first-order valence-corrected chi connectivity index (χ1v) is 6.83. The van der Waals surface area contributed by atoms with E-state index in [9.17, 15) is 8.78 Å². The fourth-order valence-corrected chi connectivity index (χ4v) is 2.16. The zero-order chi connectivity index (χ0) is 16.2. The summed E-state index contributed by atoms with van der Waals surface area (Å²) in [4.78, 5) is 4.29. The zero-order valence-electron chi connectivity index (χ0n) is 12.2. The van der Waals surface area contributed by atoms with Crippen LogP contribution in [0.5, 0.6) is 11.5 Å². The first kappa shape index (κ1) is 15.0. The molecule has 3 rings (SSSR count). The number of fused-ring (bicyclic) bond motifs is 1. The second kappa shape index (κ2) is 6.48. The standard InChI is InChI=1S/C17H13F2NO3/c1-21-14-8-4-5-11(16(14)23-17(18)19)9-10-15-20-12-6-2-3-7-13(12)22-15/h2-10,17H,1H3/b10-9+. The van der Waals surface area contributed by atoms with Crippen molar-refractivity contribution in [2.24, 2.45) is 0 Å².